The molecule has 2 aromatic rings. The Hall–Kier alpha value is -2.14. The first-order valence-corrected chi connectivity index (χ1v) is 12.4. The number of piperidine rings is 1. The number of benzene rings is 2. The van der Waals surface area contributed by atoms with Crippen LogP contribution in [0, 0.1) is 5.92 Å². The average Bonchev–Trinajstić information content (AvgIpc) is 2.80. The highest BCUT2D eigenvalue weighted by Crippen LogP contribution is 2.39. The van der Waals surface area contributed by atoms with Gasteiger partial charge in [-0.15, -0.1) is 0 Å². The minimum absolute atomic E-state index is 0.0453. The number of halogens is 3. The van der Waals surface area contributed by atoms with Crippen molar-refractivity contribution < 1.29 is 4.79 Å². The molecule has 2 amide bonds. The van der Waals surface area contributed by atoms with Gasteiger partial charge in [-0.2, -0.15) is 0 Å². The zero-order valence-corrected chi connectivity index (χ0v) is 20.8. The molecule has 0 radical (unpaired) electrons. The highest BCUT2D eigenvalue weighted by molar-refractivity contribution is 6.36. The summed E-state index contributed by atoms with van der Waals surface area (Å²) in [6.07, 6.45) is 9.06. The van der Waals surface area contributed by atoms with Crippen molar-refractivity contribution in [3.05, 3.63) is 86.9 Å². The first kappa shape index (κ1) is 24.0. The van der Waals surface area contributed by atoms with Crippen LogP contribution in [0.15, 0.2) is 66.3 Å². The summed E-state index contributed by atoms with van der Waals surface area (Å²) >= 11 is 18.8. The second kappa shape index (κ2) is 10.9. The van der Waals surface area contributed by atoms with Gasteiger partial charge in [-0.05, 0) is 66.6 Å². The number of nitrogens with zero attached hydrogens (tertiary/aromatic N) is 1. The molecular formula is C26H28Cl3N3O. The lowest BCUT2D eigenvalue weighted by atomic mass is 9.91. The molecule has 1 aliphatic carbocycles. The Morgan fingerprint density at radius 1 is 1.09 bits per heavy atom. The quantitative estimate of drug-likeness (QED) is 0.453. The van der Waals surface area contributed by atoms with Crippen molar-refractivity contribution in [3.63, 3.8) is 0 Å². The van der Waals surface area contributed by atoms with E-state index in [1.54, 1.807) is 6.07 Å². The number of rotatable bonds is 5. The number of amides is 2. The van der Waals surface area contributed by atoms with Crippen molar-refractivity contribution in [1.29, 1.82) is 0 Å². The monoisotopic (exact) mass is 503 g/mol. The lowest BCUT2D eigenvalue weighted by Crippen LogP contribution is -2.49. The van der Waals surface area contributed by atoms with Crippen LogP contribution in [0.4, 0.5) is 10.5 Å². The van der Waals surface area contributed by atoms with Crippen molar-refractivity contribution in [3.8, 4) is 0 Å². The summed E-state index contributed by atoms with van der Waals surface area (Å²) in [7, 11) is 0. The van der Waals surface area contributed by atoms with Gasteiger partial charge in [0.2, 0.25) is 0 Å². The zero-order chi connectivity index (χ0) is 23.4. The maximum absolute atomic E-state index is 12.6. The van der Waals surface area contributed by atoms with Gasteiger partial charge in [0, 0.05) is 29.2 Å². The molecule has 1 saturated heterocycles. The van der Waals surface area contributed by atoms with Crippen LogP contribution in [0.2, 0.25) is 15.1 Å². The number of anilines is 1. The smallest absolute Gasteiger partial charge is 0.315 e. The van der Waals surface area contributed by atoms with Gasteiger partial charge in [-0.25, -0.2) is 4.79 Å². The summed E-state index contributed by atoms with van der Waals surface area (Å²) in [4.78, 5) is 14.9. The van der Waals surface area contributed by atoms with E-state index >= 15 is 0 Å². The molecule has 1 heterocycles. The molecule has 0 bridgehead atoms. The van der Waals surface area contributed by atoms with Crippen molar-refractivity contribution in [2.75, 3.05) is 18.0 Å². The molecule has 33 heavy (non-hydrogen) atoms. The highest BCUT2D eigenvalue weighted by Gasteiger charge is 2.31. The number of hydrogen-bond donors (Lipinski definition) is 2. The molecule has 0 spiro atoms. The van der Waals surface area contributed by atoms with Crippen LogP contribution in [0.3, 0.4) is 0 Å². The topological polar surface area (TPSA) is 44.4 Å². The van der Waals surface area contributed by atoms with E-state index in [0.29, 0.717) is 27.5 Å². The number of carbonyl (C=O) groups excluding carboxylic acids is 1. The Balaban J connectivity index is 1.45. The fourth-order valence-electron chi connectivity index (χ4n) is 4.42. The molecule has 2 aromatic carbocycles. The third-order valence-corrected chi connectivity index (χ3v) is 7.05. The molecule has 4 nitrogen and oxygen atoms in total. The maximum atomic E-state index is 12.6. The SMILES string of the molecule is CC1C=CC(CNC(=O)NC2CCN(c3ccc(Cl)cc3Cl)C(c3ccc(Cl)cc3)C2)=CC1. The third-order valence-electron chi connectivity index (χ3n) is 6.26. The molecule has 1 fully saturated rings. The van der Waals surface area contributed by atoms with Gasteiger partial charge >= 0.3 is 6.03 Å². The second-order valence-corrected chi connectivity index (χ2v) is 10.0. The van der Waals surface area contributed by atoms with E-state index < -0.39 is 0 Å². The van der Waals surface area contributed by atoms with E-state index in [0.717, 1.165) is 42.6 Å². The van der Waals surface area contributed by atoms with E-state index in [9.17, 15) is 4.79 Å². The number of carbonyl (C=O) groups is 1. The highest BCUT2D eigenvalue weighted by atomic mass is 35.5. The molecule has 2 N–H and O–H groups in total. The van der Waals surface area contributed by atoms with Gasteiger partial charge in [0.25, 0.3) is 0 Å². The number of allylic oxidation sites excluding steroid dienone is 2. The van der Waals surface area contributed by atoms with Crippen LogP contribution >= 0.6 is 34.8 Å². The molecule has 0 aromatic heterocycles. The lowest BCUT2D eigenvalue weighted by Gasteiger charge is -2.42. The maximum Gasteiger partial charge on any atom is 0.315 e. The molecule has 2 aliphatic rings. The van der Waals surface area contributed by atoms with Crippen LogP contribution < -0.4 is 15.5 Å². The van der Waals surface area contributed by atoms with Crippen molar-refractivity contribution >= 4 is 46.5 Å². The second-order valence-electron chi connectivity index (χ2n) is 8.76. The number of urea groups is 1. The summed E-state index contributed by atoms with van der Waals surface area (Å²) in [5, 5.41) is 8.09. The standard InChI is InChI=1S/C26H28Cl3N3O/c1-17-2-4-18(5-3-17)16-30-26(33)31-22-12-13-32(24-11-10-21(28)14-23(24)29)25(15-22)19-6-8-20(27)9-7-19/h2,4-11,14,17,22,25H,3,12-13,15-16H2,1H3,(H2,30,31,33). The van der Waals surface area contributed by atoms with Gasteiger partial charge in [0.15, 0.2) is 0 Å². The van der Waals surface area contributed by atoms with E-state index in [1.807, 2.05) is 36.4 Å². The fraction of sp³-hybridized carbons (Fsp3) is 0.346. The van der Waals surface area contributed by atoms with E-state index in [2.05, 4.69) is 40.7 Å². The van der Waals surface area contributed by atoms with Crippen LogP contribution in [0.1, 0.15) is 37.8 Å². The van der Waals surface area contributed by atoms with Crippen LogP contribution in [-0.2, 0) is 0 Å². The third kappa shape index (κ3) is 6.26. The Kier molecular flexibility index (Phi) is 7.90. The Labute approximate surface area is 210 Å². The first-order chi connectivity index (χ1) is 15.9. The van der Waals surface area contributed by atoms with Gasteiger partial charge in [-0.3, -0.25) is 0 Å². The number of hydrogen-bond acceptors (Lipinski definition) is 2. The largest absolute Gasteiger partial charge is 0.363 e. The number of nitrogens with one attached hydrogen (secondary N) is 2. The van der Waals surface area contributed by atoms with E-state index in [1.165, 1.54) is 0 Å². The average molecular weight is 505 g/mol. The molecule has 3 atom stereocenters. The van der Waals surface area contributed by atoms with Crippen molar-refractivity contribution in [2.24, 2.45) is 5.92 Å². The zero-order valence-electron chi connectivity index (χ0n) is 18.5. The molecule has 0 saturated carbocycles. The van der Waals surface area contributed by atoms with Gasteiger partial charge in [0.05, 0.1) is 16.8 Å². The van der Waals surface area contributed by atoms with E-state index in [-0.39, 0.29) is 18.1 Å². The van der Waals surface area contributed by atoms with Crippen molar-refractivity contribution in [1.82, 2.24) is 10.6 Å². The summed E-state index contributed by atoms with van der Waals surface area (Å²) in [6, 6.07) is 13.4. The Morgan fingerprint density at radius 3 is 2.55 bits per heavy atom. The molecule has 3 unspecified atom stereocenters. The first-order valence-electron chi connectivity index (χ1n) is 11.3. The minimum Gasteiger partial charge on any atom is -0.363 e. The van der Waals surface area contributed by atoms with Gasteiger partial charge in [-0.1, -0.05) is 72.1 Å². The predicted octanol–water partition coefficient (Wildman–Crippen LogP) is 7.18. The fourth-order valence-corrected chi connectivity index (χ4v) is 5.06. The summed E-state index contributed by atoms with van der Waals surface area (Å²) < 4.78 is 0. The molecular weight excluding hydrogens is 477 g/mol. The Bertz CT molecular complexity index is 1050. The van der Waals surface area contributed by atoms with E-state index in [4.69, 9.17) is 34.8 Å². The summed E-state index contributed by atoms with van der Waals surface area (Å²) in [5.74, 6) is 0.562. The van der Waals surface area contributed by atoms with Crippen LogP contribution in [0.5, 0.6) is 0 Å². The van der Waals surface area contributed by atoms with Crippen LogP contribution in [-0.4, -0.2) is 25.2 Å². The van der Waals surface area contributed by atoms with Crippen molar-refractivity contribution in [2.45, 2.75) is 38.3 Å². The molecule has 174 valence electrons. The lowest BCUT2D eigenvalue weighted by molar-refractivity contribution is 0.233. The normalized spacial score (nSPS) is 22.6. The van der Waals surface area contributed by atoms with Gasteiger partial charge in [0.1, 0.15) is 0 Å². The minimum atomic E-state index is -0.138. The molecule has 1 aliphatic heterocycles. The van der Waals surface area contributed by atoms with Crippen LogP contribution in [0.25, 0.3) is 0 Å². The molecule has 4 rings (SSSR count). The predicted molar refractivity (Wildman–Crippen MR) is 139 cm³/mol. The van der Waals surface area contributed by atoms with Gasteiger partial charge < -0.3 is 15.5 Å². The Morgan fingerprint density at radius 2 is 1.85 bits per heavy atom. The molecule has 7 heteroatoms. The summed E-state index contributed by atoms with van der Waals surface area (Å²) in [5.41, 5.74) is 3.22. The summed E-state index contributed by atoms with van der Waals surface area (Å²) in [6.45, 7) is 3.48.